The number of aromatic nitrogens is 2. The van der Waals surface area contributed by atoms with Gasteiger partial charge in [-0.05, 0) is 25.7 Å². The average molecular weight is 374 g/mol. The predicted octanol–water partition coefficient (Wildman–Crippen LogP) is 2.16. The summed E-state index contributed by atoms with van der Waals surface area (Å²) in [4.78, 5) is 16.8. The number of piperidine rings is 1. The summed E-state index contributed by atoms with van der Waals surface area (Å²) < 4.78 is 45.0. The van der Waals surface area contributed by atoms with E-state index in [4.69, 9.17) is 4.74 Å². The van der Waals surface area contributed by atoms with Gasteiger partial charge in [0.25, 0.3) is 5.91 Å². The number of morpholine rings is 1. The third-order valence-corrected chi connectivity index (χ3v) is 5.16. The lowest BCUT2D eigenvalue weighted by Crippen LogP contribution is -2.46. The van der Waals surface area contributed by atoms with Crippen LogP contribution in [0.5, 0.6) is 0 Å². The van der Waals surface area contributed by atoms with Crippen LogP contribution in [0.15, 0.2) is 6.07 Å². The molecule has 0 spiro atoms. The Bertz CT molecular complexity index is 626. The molecule has 0 aliphatic carbocycles. The Hall–Kier alpha value is -1.61. The Morgan fingerprint density at radius 2 is 2.00 bits per heavy atom. The van der Waals surface area contributed by atoms with Gasteiger partial charge in [0.15, 0.2) is 5.69 Å². The van der Waals surface area contributed by atoms with Crippen molar-refractivity contribution in [3.8, 4) is 0 Å². The summed E-state index contributed by atoms with van der Waals surface area (Å²) in [5, 5.41) is 3.82. The van der Waals surface area contributed by atoms with Crippen molar-refractivity contribution in [3.63, 3.8) is 0 Å². The van der Waals surface area contributed by atoms with Gasteiger partial charge >= 0.3 is 6.18 Å². The van der Waals surface area contributed by atoms with Crippen molar-refractivity contribution in [2.45, 2.75) is 37.9 Å². The molecule has 146 valence electrons. The molecule has 1 amide bonds. The number of carbonyl (C=O) groups is 1. The minimum atomic E-state index is -4.52. The van der Waals surface area contributed by atoms with Gasteiger partial charge in [0.05, 0.1) is 13.2 Å². The standard InChI is InChI=1S/C17H25F3N4O2/c1-22-15(17(18,19)20)12-14(21-22)16(25)24-6-3-2-4-13(24)5-7-23-8-10-26-11-9-23/h12-13H,2-11H2,1H3. The molecule has 0 N–H and O–H groups in total. The molecular formula is C17H25F3N4O2. The summed E-state index contributed by atoms with van der Waals surface area (Å²) in [6.07, 6.45) is -0.899. The van der Waals surface area contributed by atoms with Crippen LogP contribution in [-0.4, -0.2) is 70.9 Å². The Balaban J connectivity index is 1.67. The largest absolute Gasteiger partial charge is 0.433 e. The second kappa shape index (κ2) is 7.96. The molecule has 1 aromatic heterocycles. The Labute approximate surface area is 150 Å². The first kappa shape index (κ1) is 19.2. The molecular weight excluding hydrogens is 349 g/mol. The van der Waals surface area contributed by atoms with Crippen molar-refractivity contribution in [2.24, 2.45) is 7.05 Å². The van der Waals surface area contributed by atoms with Gasteiger partial charge in [0, 0.05) is 45.3 Å². The van der Waals surface area contributed by atoms with Crippen LogP contribution >= 0.6 is 0 Å². The van der Waals surface area contributed by atoms with Gasteiger partial charge in [0.1, 0.15) is 5.69 Å². The van der Waals surface area contributed by atoms with Crippen LogP contribution in [0.25, 0.3) is 0 Å². The van der Waals surface area contributed by atoms with Crippen molar-refractivity contribution in [2.75, 3.05) is 39.4 Å². The second-order valence-electron chi connectivity index (χ2n) is 6.93. The SMILES string of the molecule is Cn1nc(C(=O)N2CCCCC2CCN2CCOCC2)cc1C(F)(F)F. The first-order valence-corrected chi connectivity index (χ1v) is 9.08. The number of rotatable bonds is 4. The molecule has 2 fully saturated rings. The van der Waals surface area contributed by atoms with E-state index in [0.717, 1.165) is 69.3 Å². The summed E-state index contributed by atoms with van der Waals surface area (Å²) in [5.41, 5.74) is -1.03. The number of aryl methyl sites for hydroxylation is 1. The zero-order chi connectivity index (χ0) is 18.7. The second-order valence-corrected chi connectivity index (χ2v) is 6.93. The van der Waals surface area contributed by atoms with Crippen LogP contribution in [0, 0.1) is 0 Å². The quantitative estimate of drug-likeness (QED) is 0.811. The minimum absolute atomic E-state index is 0.0513. The van der Waals surface area contributed by atoms with Crippen molar-refractivity contribution < 1.29 is 22.7 Å². The summed E-state index contributed by atoms with van der Waals surface area (Å²) in [6.45, 7) is 4.66. The number of carbonyl (C=O) groups excluding carboxylic acids is 1. The van der Waals surface area contributed by atoms with E-state index in [0.29, 0.717) is 6.54 Å². The Kier molecular flexibility index (Phi) is 5.86. The van der Waals surface area contributed by atoms with Crippen LogP contribution in [0.4, 0.5) is 13.2 Å². The fourth-order valence-electron chi connectivity index (χ4n) is 3.71. The topological polar surface area (TPSA) is 50.6 Å². The highest BCUT2D eigenvalue weighted by Gasteiger charge is 2.37. The molecule has 1 atom stereocenters. The zero-order valence-corrected chi connectivity index (χ0v) is 15.0. The maximum absolute atomic E-state index is 13.0. The molecule has 0 aromatic carbocycles. The highest BCUT2D eigenvalue weighted by atomic mass is 19.4. The smallest absolute Gasteiger partial charge is 0.379 e. The van der Waals surface area contributed by atoms with E-state index in [1.165, 1.54) is 7.05 Å². The molecule has 2 aliphatic rings. The summed E-state index contributed by atoms with van der Waals surface area (Å²) in [6, 6.07) is 0.908. The van der Waals surface area contributed by atoms with Gasteiger partial charge in [-0.15, -0.1) is 0 Å². The number of hydrogen-bond donors (Lipinski definition) is 0. The van der Waals surface area contributed by atoms with E-state index < -0.39 is 17.8 Å². The lowest BCUT2D eigenvalue weighted by molar-refractivity contribution is -0.143. The van der Waals surface area contributed by atoms with Crippen molar-refractivity contribution >= 4 is 5.91 Å². The first-order chi connectivity index (χ1) is 12.4. The fraction of sp³-hybridized carbons (Fsp3) is 0.765. The van der Waals surface area contributed by atoms with Crippen LogP contribution in [-0.2, 0) is 18.0 Å². The van der Waals surface area contributed by atoms with Gasteiger partial charge in [-0.2, -0.15) is 18.3 Å². The monoisotopic (exact) mass is 374 g/mol. The molecule has 9 heteroatoms. The molecule has 0 radical (unpaired) electrons. The number of hydrogen-bond acceptors (Lipinski definition) is 4. The van der Waals surface area contributed by atoms with Gasteiger partial charge in [-0.1, -0.05) is 0 Å². The van der Waals surface area contributed by atoms with Crippen molar-refractivity contribution in [3.05, 3.63) is 17.5 Å². The van der Waals surface area contributed by atoms with Crippen LogP contribution in [0.1, 0.15) is 41.9 Å². The van der Waals surface area contributed by atoms with Crippen LogP contribution in [0.2, 0.25) is 0 Å². The molecule has 6 nitrogen and oxygen atoms in total. The average Bonchev–Trinajstić information content (AvgIpc) is 3.03. The lowest BCUT2D eigenvalue weighted by Gasteiger charge is -2.37. The summed E-state index contributed by atoms with van der Waals surface area (Å²) in [5.74, 6) is -0.400. The summed E-state index contributed by atoms with van der Waals surface area (Å²) in [7, 11) is 1.21. The molecule has 3 heterocycles. The molecule has 3 rings (SSSR count). The first-order valence-electron chi connectivity index (χ1n) is 9.08. The van der Waals surface area contributed by atoms with E-state index in [1.54, 1.807) is 4.90 Å². The highest BCUT2D eigenvalue weighted by Crippen LogP contribution is 2.30. The molecule has 26 heavy (non-hydrogen) atoms. The van der Waals surface area contributed by atoms with Crippen molar-refractivity contribution in [1.29, 1.82) is 0 Å². The normalized spacial score (nSPS) is 22.6. The molecule has 1 aromatic rings. The van der Waals surface area contributed by atoms with Gasteiger partial charge in [-0.3, -0.25) is 14.4 Å². The molecule has 2 aliphatic heterocycles. The summed E-state index contributed by atoms with van der Waals surface area (Å²) >= 11 is 0. The number of nitrogens with zero attached hydrogens (tertiary/aromatic N) is 4. The minimum Gasteiger partial charge on any atom is -0.379 e. The maximum Gasteiger partial charge on any atom is 0.433 e. The Morgan fingerprint density at radius 1 is 1.27 bits per heavy atom. The van der Waals surface area contributed by atoms with Gasteiger partial charge in [0.2, 0.25) is 0 Å². The molecule has 0 saturated carbocycles. The highest BCUT2D eigenvalue weighted by molar-refractivity contribution is 5.92. The van der Waals surface area contributed by atoms with Crippen molar-refractivity contribution in [1.82, 2.24) is 19.6 Å². The van der Waals surface area contributed by atoms with Gasteiger partial charge < -0.3 is 9.64 Å². The van der Waals surface area contributed by atoms with Crippen LogP contribution in [0.3, 0.4) is 0 Å². The van der Waals surface area contributed by atoms with E-state index in [-0.39, 0.29) is 11.7 Å². The predicted molar refractivity (Wildman–Crippen MR) is 88.8 cm³/mol. The van der Waals surface area contributed by atoms with E-state index in [9.17, 15) is 18.0 Å². The lowest BCUT2D eigenvalue weighted by atomic mass is 9.98. The van der Waals surface area contributed by atoms with Crippen LogP contribution < -0.4 is 0 Å². The van der Waals surface area contributed by atoms with E-state index >= 15 is 0 Å². The number of amides is 1. The maximum atomic E-state index is 13.0. The third kappa shape index (κ3) is 4.37. The fourth-order valence-corrected chi connectivity index (χ4v) is 3.71. The van der Waals surface area contributed by atoms with Gasteiger partial charge in [-0.25, -0.2) is 0 Å². The number of likely N-dealkylation sites (tertiary alicyclic amines) is 1. The molecule has 0 bridgehead atoms. The zero-order valence-electron chi connectivity index (χ0n) is 15.0. The number of halogens is 3. The molecule has 2 saturated heterocycles. The number of alkyl halides is 3. The molecule has 1 unspecified atom stereocenters. The number of ether oxygens (including phenoxy) is 1. The Morgan fingerprint density at radius 3 is 2.65 bits per heavy atom. The third-order valence-electron chi connectivity index (χ3n) is 5.16. The van der Waals surface area contributed by atoms with E-state index in [2.05, 4.69) is 10.00 Å². The van der Waals surface area contributed by atoms with E-state index in [1.807, 2.05) is 0 Å².